The molecule has 4 heteroatoms. The zero-order valence-corrected chi connectivity index (χ0v) is 11.4. The number of hydrogen-bond donors (Lipinski definition) is 2. The van der Waals surface area contributed by atoms with Crippen molar-refractivity contribution < 1.29 is 9.15 Å². The Kier molecular flexibility index (Phi) is 4.34. The van der Waals surface area contributed by atoms with Gasteiger partial charge in [-0.3, -0.25) is 0 Å². The van der Waals surface area contributed by atoms with Gasteiger partial charge in [0.2, 0.25) is 0 Å². The summed E-state index contributed by atoms with van der Waals surface area (Å²) in [7, 11) is 0. The minimum absolute atomic E-state index is 0.629. The van der Waals surface area contributed by atoms with Crippen LogP contribution in [0.15, 0.2) is 34.7 Å². The number of nitrogen functional groups attached to an aromatic ring is 1. The first kappa shape index (κ1) is 13.3. The van der Waals surface area contributed by atoms with Crippen molar-refractivity contribution in [3.8, 4) is 5.75 Å². The molecule has 0 aliphatic heterocycles. The number of furan rings is 1. The average molecular weight is 260 g/mol. The third-order valence-corrected chi connectivity index (χ3v) is 2.66. The first-order valence-corrected chi connectivity index (χ1v) is 6.50. The van der Waals surface area contributed by atoms with Gasteiger partial charge in [0.1, 0.15) is 17.3 Å². The van der Waals surface area contributed by atoms with Crippen molar-refractivity contribution in [1.29, 1.82) is 0 Å². The number of benzene rings is 1. The fourth-order valence-electron chi connectivity index (χ4n) is 1.80. The van der Waals surface area contributed by atoms with Crippen molar-refractivity contribution in [3.05, 3.63) is 41.9 Å². The summed E-state index contributed by atoms with van der Waals surface area (Å²) in [6, 6.07) is 9.57. The molecule has 19 heavy (non-hydrogen) atoms. The van der Waals surface area contributed by atoms with Crippen molar-refractivity contribution in [3.63, 3.8) is 0 Å². The summed E-state index contributed by atoms with van der Waals surface area (Å²) in [6.45, 7) is 5.33. The van der Waals surface area contributed by atoms with Crippen molar-refractivity contribution in [2.45, 2.75) is 26.8 Å². The molecular formula is C15H20N2O2. The normalized spacial score (nSPS) is 10.4. The van der Waals surface area contributed by atoms with E-state index in [4.69, 9.17) is 14.9 Å². The molecule has 1 heterocycles. The van der Waals surface area contributed by atoms with Crippen LogP contribution in [0.2, 0.25) is 0 Å². The number of anilines is 2. The van der Waals surface area contributed by atoms with E-state index in [9.17, 15) is 0 Å². The predicted octanol–water partition coefficient (Wildman–Crippen LogP) is 3.57. The Morgan fingerprint density at radius 2 is 2.11 bits per heavy atom. The topological polar surface area (TPSA) is 60.4 Å². The predicted molar refractivity (Wildman–Crippen MR) is 77.4 cm³/mol. The summed E-state index contributed by atoms with van der Waals surface area (Å²) < 4.78 is 11.1. The summed E-state index contributed by atoms with van der Waals surface area (Å²) in [6.07, 6.45) is 0.975. The Morgan fingerprint density at radius 1 is 1.26 bits per heavy atom. The standard InChI is InChI=1S/C15H20N2O2/c1-3-6-18-15-8-12(16)7-13(9-15)17-10-14-5-4-11(2)19-14/h4-5,7-9,17H,3,6,10,16H2,1-2H3. The molecule has 2 rings (SSSR count). The Morgan fingerprint density at radius 3 is 2.79 bits per heavy atom. The van der Waals surface area contributed by atoms with Crippen molar-refractivity contribution in [2.24, 2.45) is 0 Å². The summed E-state index contributed by atoms with van der Waals surface area (Å²) in [4.78, 5) is 0. The van der Waals surface area contributed by atoms with Crippen LogP contribution in [0.1, 0.15) is 24.9 Å². The highest BCUT2D eigenvalue weighted by atomic mass is 16.5. The first-order chi connectivity index (χ1) is 9.17. The number of hydrogen-bond acceptors (Lipinski definition) is 4. The largest absolute Gasteiger partial charge is 0.493 e. The second-order valence-electron chi connectivity index (χ2n) is 4.51. The van der Waals surface area contributed by atoms with Gasteiger partial charge in [0.25, 0.3) is 0 Å². The Hall–Kier alpha value is -2.10. The molecule has 1 aromatic carbocycles. The van der Waals surface area contributed by atoms with Gasteiger partial charge in [0.05, 0.1) is 13.2 Å². The van der Waals surface area contributed by atoms with Gasteiger partial charge in [-0.15, -0.1) is 0 Å². The zero-order valence-electron chi connectivity index (χ0n) is 11.4. The zero-order chi connectivity index (χ0) is 13.7. The minimum atomic E-state index is 0.629. The average Bonchev–Trinajstić information content (AvgIpc) is 2.79. The maximum atomic E-state index is 5.86. The Bertz CT molecular complexity index is 535. The Balaban J connectivity index is 2.01. The van der Waals surface area contributed by atoms with Crippen LogP contribution in [-0.2, 0) is 6.54 Å². The van der Waals surface area contributed by atoms with Gasteiger partial charge in [-0.05, 0) is 31.5 Å². The van der Waals surface area contributed by atoms with E-state index in [2.05, 4.69) is 12.2 Å². The molecule has 102 valence electrons. The Labute approximate surface area is 113 Å². The van der Waals surface area contributed by atoms with Crippen LogP contribution < -0.4 is 15.8 Å². The van der Waals surface area contributed by atoms with Gasteiger partial charge in [-0.1, -0.05) is 6.92 Å². The molecule has 0 saturated carbocycles. The van der Waals surface area contributed by atoms with E-state index in [1.807, 2.05) is 37.3 Å². The summed E-state index contributed by atoms with van der Waals surface area (Å²) in [5.41, 5.74) is 7.48. The molecule has 4 nitrogen and oxygen atoms in total. The number of rotatable bonds is 6. The third-order valence-electron chi connectivity index (χ3n) is 2.66. The van der Waals surface area contributed by atoms with E-state index in [1.165, 1.54) is 0 Å². The van der Waals surface area contributed by atoms with Crippen molar-refractivity contribution in [1.82, 2.24) is 0 Å². The van der Waals surface area contributed by atoms with Crippen LogP contribution in [0.3, 0.4) is 0 Å². The maximum Gasteiger partial charge on any atom is 0.123 e. The summed E-state index contributed by atoms with van der Waals surface area (Å²) in [5.74, 6) is 2.60. The number of nitrogens with two attached hydrogens (primary N) is 1. The van der Waals surface area contributed by atoms with E-state index in [0.29, 0.717) is 18.8 Å². The number of aryl methyl sites for hydroxylation is 1. The number of nitrogens with one attached hydrogen (secondary N) is 1. The van der Waals surface area contributed by atoms with Gasteiger partial charge in [0.15, 0.2) is 0 Å². The van der Waals surface area contributed by atoms with Crippen molar-refractivity contribution >= 4 is 11.4 Å². The van der Waals surface area contributed by atoms with E-state index in [1.54, 1.807) is 0 Å². The highest BCUT2D eigenvalue weighted by molar-refractivity contribution is 5.59. The summed E-state index contributed by atoms with van der Waals surface area (Å²) in [5, 5.41) is 3.28. The lowest BCUT2D eigenvalue weighted by Gasteiger charge is -2.10. The van der Waals surface area contributed by atoms with Crippen LogP contribution in [-0.4, -0.2) is 6.61 Å². The lowest BCUT2D eigenvalue weighted by Crippen LogP contribution is -2.01. The fraction of sp³-hybridized carbons (Fsp3) is 0.333. The molecule has 0 bridgehead atoms. The second-order valence-corrected chi connectivity index (χ2v) is 4.51. The van der Waals surface area contributed by atoms with Crippen LogP contribution in [0.4, 0.5) is 11.4 Å². The van der Waals surface area contributed by atoms with E-state index in [-0.39, 0.29) is 0 Å². The monoisotopic (exact) mass is 260 g/mol. The van der Waals surface area contributed by atoms with Crippen LogP contribution in [0.5, 0.6) is 5.75 Å². The van der Waals surface area contributed by atoms with Gasteiger partial charge in [-0.2, -0.15) is 0 Å². The molecule has 2 aromatic rings. The first-order valence-electron chi connectivity index (χ1n) is 6.50. The molecule has 0 atom stereocenters. The van der Waals surface area contributed by atoms with Crippen LogP contribution in [0.25, 0.3) is 0 Å². The molecule has 0 amide bonds. The SMILES string of the molecule is CCCOc1cc(N)cc(NCc2ccc(C)o2)c1. The molecule has 3 N–H and O–H groups in total. The molecule has 1 aromatic heterocycles. The minimum Gasteiger partial charge on any atom is -0.493 e. The van der Waals surface area contributed by atoms with Gasteiger partial charge >= 0.3 is 0 Å². The molecule has 0 radical (unpaired) electrons. The summed E-state index contributed by atoms with van der Waals surface area (Å²) >= 11 is 0. The highest BCUT2D eigenvalue weighted by Crippen LogP contribution is 2.23. The molecule has 0 spiro atoms. The van der Waals surface area contributed by atoms with E-state index < -0.39 is 0 Å². The smallest absolute Gasteiger partial charge is 0.123 e. The number of ether oxygens (including phenoxy) is 1. The molecular weight excluding hydrogens is 240 g/mol. The third kappa shape index (κ3) is 3.95. The van der Waals surface area contributed by atoms with E-state index >= 15 is 0 Å². The molecule has 0 aliphatic carbocycles. The lowest BCUT2D eigenvalue weighted by molar-refractivity contribution is 0.318. The quantitative estimate of drug-likeness (QED) is 0.779. The van der Waals surface area contributed by atoms with E-state index in [0.717, 1.165) is 29.4 Å². The van der Waals surface area contributed by atoms with Gasteiger partial charge < -0.3 is 20.2 Å². The lowest BCUT2D eigenvalue weighted by atomic mass is 10.2. The van der Waals surface area contributed by atoms with Gasteiger partial charge in [-0.25, -0.2) is 0 Å². The molecule has 0 fully saturated rings. The molecule has 0 aliphatic rings. The second kappa shape index (κ2) is 6.18. The maximum absolute atomic E-state index is 5.86. The van der Waals surface area contributed by atoms with Crippen LogP contribution >= 0.6 is 0 Å². The fourth-order valence-corrected chi connectivity index (χ4v) is 1.80. The van der Waals surface area contributed by atoms with Gasteiger partial charge in [0, 0.05) is 23.5 Å². The van der Waals surface area contributed by atoms with Crippen LogP contribution in [0, 0.1) is 6.92 Å². The highest BCUT2D eigenvalue weighted by Gasteiger charge is 2.02. The molecule has 0 unspecified atom stereocenters. The van der Waals surface area contributed by atoms with Crippen molar-refractivity contribution in [2.75, 3.05) is 17.7 Å². The molecule has 0 saturated heterocycles.